The molecule has 2 heterocycles. The standard InChI is InChI=1S/C17H25N3O/c21-17(15-9-6-10-18-15)19-13-16(20-11-4-5-12-20)14-7-2-1-3-8-14/h1-3,7-8,15-16,18H,4-6,9-13H2,(H,19,21). The summed E-state index contributed by atoms with van der Waals surface area (Å²) in [5.41, 5.74) is 1.30. The molecular weight excluding hydrogens is 262 g/mol. The molecule has 1 aromatic rings. The summed E-state index contributed by atoms with van der Waals surface area (Å²) in [4.78, 5) is 14.7. The Bertz CT molecular complexity index is 450. The molecule has 0 bridgehead atoms. The van der Waals surface area contributed by atoms with Crippen LogP contribution >= 0.6 is 0 Å². The molecule has 21 heavy (non-hydrogen) atoms. The zero-order valence-electron chi connectivity index (χ0n) is 12.6. The molecule has 0 radical (unpaired) electrons. The van der Waals surface area contributed by atoms with Crippen molar-refractivity contribution in [3.63, 3.8) is 0 Å². The Balaban J connectivity index is 1.63. The second-order valence-electron chi connectivity index (χ2n) is 6.06. The molecule has 0 aromatic heterocycles. The van der Waals surface area contributed by atoms with E-state index in [1.807, 2.05) is 6.07 Å². The van der Waals surface area contributed by atoms with Gasteiger partial charge < -0.3 is 10.6 Å². The molecule has 3 rings (SSSR count). The molecule has 0 saturated carbocycles. The van der Waals surface area contributed by atoms with Gasteiger partial charge in [-0.15, -0.1) is 0 Å². The van der Waals surface area contributed by atoms with E-state index in [2.05, 4.69) is 39.8 Å². The fourth-order valence-electron chi connectivity index (χ4n) is 3.42. The number of carbonyl (C=O) groups excluding carboxylic acids is 1. The summed E-state index contributed by atoms with van der Waals surface area (Å²) in [6.45, 7) is 3.95. The summed E-state index contributed by atoms with van der Waals surface area (Å²) in [5.74, 6) is 0.160. The van der Waals surface area contributed by atoms with Crippen LogP contribution in [0, 0.1) is 0 Å². The predicted octanol–water partition coefficient (Wildman–Crippen LogP) is 1.69. The van der Waals surface area contributed by atoms with Gasteiger partial charge in [0.1, 0.15) is 0 Å². The summed E-state index contributed by atoms with van der Waals surface area (Å²) >= 11 is 0. The lowest BCUT2D eigenvalue weighted by Crippen LogP contribution is -2.44. The van der Waals surface area contributed by atoms with Crippen molar-refractivity contribution in [2.75, 3.05) is 26.2 Å². The molecule has 2 aliphatic rings. The topological polar surface area (TPSA) is 44.4 Å². The van der Waals surface area contributed by atoms with E-state index < -0.39 is 0 Å². The maximum Gasteiger partial charge on any atom is 0.237 e. The lowest BCUT2D eigenvalue weighted by molar-refractivity contribution is -0.123. The highest BCUT2D eigenvalue weighted by Crippen LogP contribution is 2.24. The molecule has 2 saturated heterocycles. The van der Waals surface area contributed by atoms with Crippen molar-refractivity contribution in [2.24, 2.45) is 0 Å². The summed E-state index contributed by atoms with van der Waals surface area (Å²) in [5, 5.41) is 6.42. The van der Waals surface area contributed by atoms with Gasteiger partial charge in [-0.05, 0) is 50.9 Å². The highest BCUT2D eigenvalue weighted by Gasteiger charge is 2.26. The number of carbonyl (C=O) groups is 1. The summed E-state index contributed by atoms with van der Waals surface area (Å²) in [6.07, 6.45) is 4.60. The van der Waals surface area contributed by atoms with Crippen molar-refractivity contribution in [1.29, 1.82) is 0 Å². The lowest BCUT2D eigenvalue weighted by Gasteiger charge is -2.28. The van der Waals surface area contributed by atoms with E-state index in [0.717, 1.165) is 32.5 Å². The van der Waals surface area contributed by atoms with Crippen LogP contribution in [0.1, 0.15) is 37.3 Å². The number of amides is 1. The van der Waals surface area contributed by atoms with Gasteiger partial charge in [0.05, 0.1) is 12.1 Å². The number of nitrogens with zero attached hydrogens (tertiary/aromatic N) is 1. The molecule has 4 heteroatoms. The first-order valence-electron chi connectivity index (χ1n) is 8.15. The summed E-state index contributed by atoms with van der Waals surface area (Å²) < 4.78 is 0. The van der Waals surface area contributed by atoms with Gasteiger partial charge in [-0.2, -0.15) is 0 Å². The van der Waals surface area contributed by atoms with Crippen LogP contribution in [-0.4, -0.2) is 43.0 Å². The van der Waals surface area contributed by atoms with Crippen LogP contribution in [0.3, 0.4) is 0 Å². The van der Waals surface area contributed by atoms with Crippen molar-refractivity contribution in [3.8, 4) is 0 Å². The highest BCUT2D eigenvalue weighted by molar-refractivity contribution is 5.82. The Kier molecular flexibility index (Phi) is 4.88. The Labute approximate surface area is 126 Å². The van der Waals surface area contributed by atoms with Gasteiger partial charge in [0.15, 0.2) is 0 Å². The molecule has 1 aromatic carbocycles. The first-order valence-corrected chi connectivity index (χ1v) is 8.15. The Morgan fingerprint density at radius 3 is 2.67 bits per heavy atom. The molecule has 2 unspecified atom stereocenters. The normalized spacial score (nSPS) is 24.1. The number of benzene rings is 1. The molecule has 114 valence electrons. The number of nitrogens with one attached hydrogen (secondary N) is 2. The largest absolute Gasteiger partial charge is 0.353 e. The van der Waals surface area contributed by atoms with E-state index in [1.54, 1.807) is 0 Å². The van der Waals surface area contributed by atoms with Crippen LogP contribution in [-0.2, 0) is 4.79 Å². The fourth-order valence-corrected chi connectivity index (χ4v) is 3.42. The van der Waals surface area contributed by atoms with E-state index in [9.17, 15) is 4.79 Å². The van der Waals surface area contributed by atoms with Gasteiger partial charge in [0, 0.05) is 6.54 Å². The smallest absolute Gasteiger partial charge is 0.237 e. The molecule has 4 nitrogen and oxygen atoms in total. The average molecular weight is 287 g/mol. The van der Waals surface area contributed by atoms with Crippen molar-refractivity contribution in [1.82, 2.24) is 15.5 Å². The quantitative estimate of drug-likeness (QED) is 0.866. The van der Waals surface area contributed by atoms with Crippen LogP contribution in [0.15, 0.2) is 30.3 Å². The van der Waals surface area contributed by atoms with Gasteiger partial charge in [-0.25, -0.2) is 0 Å². The van der Waals surface area contributed by atoms with Crippen molar-refractivity contribution in [2.45, 2.75) is 37.8 Å². The first-order chi connectivity index (χ1) is 10.3. The maximum atomic E-state index is 12.2. The van der Waals surface area contributed by atoms with E-state index in [-0.39, 0.29) is 11.9 Å². The molecule has 2 atom stereocenters. The average Bonchev–Trinajstić information content (AvgIpc) is 3.22. The fraction of sp³-hybridized carbons (Fsp3) is 0.588. The monoisotopic (exact) mass is 287 g/mol. The van der Waals surface area contributed by atoms with Crippen molar-refractivity contribution < 1.29 is 4.79 Å². The number of hydrogen-bond acceptors (Lipinski definition) is 3. The lowest BCUT2D eigenvalue weighted by atomic mass is 10.1. The van der Waals surface area contributed by atoms with Crippen molar-refractivity contribution >= 4 is 5.91 Å². The zero-order chi connectivity index (χ0) is 14.5. The van der Waals surface area contributed by atoms with Gasteiger partial charge in [-0.3, -0.25) is 9.69 Å². The van der Waals surface area contributed by atoms with Gasteiger partial charge in [0.25, 0.3) is 0 Å². The summed E-state index contributed by atoms with van der Waals surface area (Å²) in [6, 6.07) is 10.9. The van der Waals surface area contributed by atoms with Gasteiger partial charge in [0.2, 0.25) is 5.91 Å². The third-order valence-electron chi connectivity index (χ3n) is 4.61. The Hall–Kier alpha value is -1.39. The third kappa shape index (κ3) is 3.63. The molecule has 0 spiro atoms. The molecule has 0 aliphatic carbocycles. The minimum absolute atomic E-state index is 0.0139. The van der Waals surface area contributed by atoms with Crippen LogP contribution in [0.4, 0.5) is 0 Å². The first kappa shape index (κ1) is 14.5. The number of rotatable bonds is 5. The second kappa shape index (κ2) is 7.05. The van der Waals surface area contributed by atoms with Crippen LogP contribution in [0.25, 0.3) is 0 Å². The molecule has 1 amide bonds. The molecule has 2 fully saturated rings. The SMILES string of the molecule is O=C(NCC(c1ccccc1)N1CCCC1)C1CCCN1. The van der Waals surface area contributed by atoms with E-state index in [1.165, 1.54) is 18.4 Å². The van der Waals surface area contributed by atoms with E-state index >= 15 is 0 Å². The second-order valence-corrected chi connectivity index (χ2v) is 6.06. The van der Waals surface area contributed by atoms with Crippen LogP contribution in [0.2, 0.25) is 0 Å². The Morgan fingerprint density at radius 2 is 2.00 bits per heavy atom. The molecule has 2 aliphatic heterocycles. The van der Waals surface area contributed by atoms with E-state index in [0.29, 0.717) is 12.6 Å². The highest BCUT2D eigenvalue weighted by atomic mass is 16.2. The van der Waals surface area contributed by atoms with Gasteiger partial charge in [-0.1, -0.05) is 30.3 Å². The minimum Gasteiger partial charge on any atom is -0.353 e. The molecule has 2 N–H and O–H groups in total. The Morgan fingerprint density at radius 1 is 1.24 bits per heavy atom. The van der Waals surface area contributed by atoms with Crippen LogP contribution in [0.5, 0.6) is 0 Å². The zero-order valence-corrected chi connectivity index (χ0v) is 12.6. The predicted molar refractivity (Wildman–Crippen MR) is 84.0 cm³/mol. The maximum absolute atomic E-state index is 12.2. The minimum atomic E-state index is 0.0139. The van der Waals surface area contributed by atoms with Gasteiger partial charge >= 0.3 is 0 Å². The van der Waals surface area contributed by atoms with Crippen molar-refractivity contribution in [3.05, 3.63) is 35.9 Å². The van der Waals surface area contributed by atoms with E-state index in [4.69, 9.17) is 0 Å². The van der Waals surface area contributed by atoms with Crippen LogP contribution < -0.4 is 10.6 Å². The number of likely N-dealkylation sites (tertiary alicyclic amines) is 1. The third-order valence-corrected chi connectivity index (χ3v) is 4.61. The summed E-state index contributed by atoms with van der Waals surface area (Å²) in [7, 11) is 0. The number of hydrogen-bond donors (Lipinski definition) is 2. The molecular formula is C17H25N3O.